The second-order valence-corrected chi connectivity index (χ2v) is 4.94. The molecular weight excluding hydrogens is 263 g/mol. The molecular formula is C12H16F3NOS. The van der Waals surface area contributed by atoms with Gasteiger partial charge in [0.05, 0.1) is 0 Å². The van der Waals surface area contributed by atoms with Crippen LogP contribution in [0.2, 0.25) is 0 Å². The van der Waals surface area contributed by atoms with Crippen molar-refractivity contribution in [1.82, 2.24) is 5.32 Å². The monoisotopic (exact) mass is 279 g/mol. The summed E-state index contributed by atoms with van der Waals surface area (Å²) in [6.07, 6.45) is 1.65. The summed E-state index contributed by atoms with van der Waals surface area (Å²) in [7, 11) is 0. The van der Waals surface area contributed by atoms with Gasteiger partial charge in [-0.1, -0.05) is 12.1 Å². The van der Waals surface area contributed by atoms with Crippen molar-refractivity contribution in [1.29, 1.82) is 0 Å². The van der Waals surface area contributed by atoms with Gasteiger partial charge in [-0.3, -0.25) is 0 Å². The lowest BCUT2D eigenvalue weighted by Gasteiger charge is -2.07. The zero-order valence-corrected chi connectivity index (χ0v) is 10.7. The molecule has 0 aliphatic rings. The average molecular weight is 279 g/mol. The quantitative estimate of drug-likeness (QED) is 0.594. The van der Waals surface area contributed by atoms with Crippen LogP contribution in [-0.2, 0) is 6.54 Å². The summed E-state index contributed by atoms with van der Waals surface area (Å²) >= 11 is -0.104. The molecule has 18 heavy (non-hydrogen) atoms. The number of nitrogens with one attached hydrogen (secondary N) is 1. The van der Waals surface area contributed by atoms with Gasteiger partial charge in [-0.05, 0) is 48.8 Å². The Morgan fingerprint density at radius 1 is 1.11 bits per heavy atom. The highest BCUT2D eigenvalue weighted by atomic mass is 32.2. The highest BCUT2D eigenvalue weighted by Gasteiger charge is 2.28. The van der Waals surface area contributed by atoms with Gasteiger partial charge in [0.1, 0.15) is 0 Å². The Labute approximate surface area is 109 Å². The van der Waals surface area contributed by atoms with Crippen LogP contribution >= 0.6 is 11.8 Å². The molecule has 0 bridgehead atoms. The van der Waals surface area contributed by atoms with Gasteiger partial charge in [0, 0.05) is 18.0 Å². The van der Waals surface area contributed by atoms with Gasteiger partial charge >= 0.3 is 5.51 Å². The van der Waals surface area contributed by atoms with Crippen LogP contribution in [0.15, 0.2) is 29.2 Å². The Balaban J connectivity index is 2.32. The molecule has 0 aromatic heterocycles. The first-order chi connectivity index (χ1) is 8.51. The highest BCUT2D eigenvalue weighted by Crippen LogP contribution is 2.36. The first-order valence-corrected chi connectivity index (χ1v) is 6.49. The summed E-state index contributed by atoms with van der Waals surface area (Å²) in [5.74, 6) is 0. The molecule has 0 spiro atoms. The minimum atomic E-state index is -4.23. The largest absolute Gasteiger partial charge is 0.446 e. The smallest absolute Gasteiger partial charge is 0.396 e. The minimum absolute atomic E-state index is 0.104. The maximum absolute atomic E-state index is 12.1. The molecule has 0 aliphatic heterocycles. The molecule has 0 unspecified atom stereocenters. The highest BCUT2D eigenvalue weighted by molar-refractivity contribution is 8.00. The van der Waals surface area contributed by atoms with E-state index in [1.165, 1.54) is 12.1 Å². The van der Waals surface area contributed by atoms with Crippen molar-refractivity contribution in [2.45, 2.75) is 29.8 Å². The Morgan fingerprint density at radius 2 is 1.78 bits per heavy atom. The third-order valence-electron chi connectivity index (χ3n) is 2.25. The number of halogens is 3. The molecule has 0 radical (unpaired) electrons. The van der Waals surface area contributed by atoms with Crippen molar-refractivity contribution in [3.8, 4) is 0 Å². The van der Waals surface area contributed by atoms with E-state index in [1.54, 1.807) is 12.1 Å². The Morgan fingerprint density at radius 3 is 2.33 bits per heavy atom. The first kappa shape index (κ1) is 15.3. The number of thioether (sulfide) groups is 1. The summed E-state index contributed by atoms with van der Waals surface area (Å²) in [4.78, 5) is 0.200. The van der Waals surface area contributed by atoms with Crippen LogP contribution in [0, 0.1) is 0 Å². The third kappa shape index (κ3) is 6.88. The average Bonchev–Trinajstić information content (AvgIpc) is 2.29. The molecule has 2 N–H and O–H groups in total. The molecule has 0 fully saturated rings. The lowest BCUT2D eigenvalue weighted by atomic mass is 10.2. The minimum Gasteiger partial charge on any atom is -0.396 e. The zero-order valence-electron chi connectivity index (χ0n) is 9.83. The van der Waals surface area contributed by atoms with Crippen molar-refractivity contribution in [2.75, 3.05) is 13.2 Å². The van der Waals surface area contributed by atoms with E-state index in [0.717, 1.165) is 24.9 Å². The van der Waals surface area contributed by atoms with Gasteiger partial charge < -0.3 is 10.4 Å². The second-order valence-electron chi connectivity index (χ2n) is 3.80. The van der Waals surface area contributed by atoms with Crippen molar-refractivity contribution in [3.05, 3.63) is 29.8 Å². The van der Waals surface area contributed by atoms with E-state index in [9.17, 15) is 13.2 Å². The van der Waals surface area contributed by atoms with E-state index >= 15 is 0 Å². The summed E-state index contributed by atoms with van der Waals surface area (Å²) in [6.45, 7) is 1.60. The predicted molar refractivity (Wildman–Crippen MR) is 66.4 cm³/mol. The van der Waals surface area contributed by atoms with Crippen LogP contribution in [0.25, 0.3) is 0 Å². The van der Waals surface area contributed by atoms with Crippen LogP contribution < -0.4 is 5.32 Å². The molecule has 0 aliphatic carbocycles. The van der Waals surface area contributed by atoms with E-state index < -0.39 is 5.51 Å². The topological polar surface area (TPSA) is 32.3 Å². The Kier molecular flexibility index (Phi) is 6.52. The van der Waals surface area contributed by atoms with Gasteiger partial charge in [-0.2, -0.15) is 13.2 Å². The van der Waals surface area contributed by atoms with Crippen LogP contribution in [0.4, 0.5) is 13.2 Å². The fourth-order valence-electron chi connectivity index (χ4n) is 1.40. The Hall–Kier alpha value is -0.720. The fraction of sp³-hybridized carbons (Fsp3) is 0.500. The second kappa shape index (κ2) is 7.66. The molecule has 0 amide bonds. The maximum atomic E-state index is 12.1. The summed E-state index contributed by atoms with van der Waals surface area (Å²) in [6, 6.07) is 6.33. The van der Waals surface area contributed by atoms with E-state index in [1.807, 2.05) is 0 Å². The molecule has 1 aromatic rings. The van der Waals surface area contributed by atoms with E-state index in [2.05, 4.69) is 5.32 Å². The Bertz CT molecular complexity index is 340. The number of unbranched alkanes of at least 4 members (excludes halogenated alkanes) is 1. The number of hydrogen-bond donors (Lipinski definition) is 2. The van der Waals surface area contributed by atoms with Gasteiger partial charge in [0.15, 0.2) is 0 Å². The van der Waals surface area contributed by atoms with Gasteiger partial charge in [0.2, 0.25) is 0 Å². The van der Waals surface area contributed by atoms with Crippen molar-refractivity contribution in [3.63, 3.8) is 0 Å². The van der Waals surface area contributed by atoms with E-state index in [4.69, 9.17) is 5.11 Å². The number of alkyl halides is 3. The van der Waals surface area contributed by atoms with E-state index in [-0.39, 0.29) is 23.3 Å². The molecule has 2 nitrogen and oxygen atoms in total. The number of rotatable bonds is 7. The molecule has 0 heterocycles. The maximum Gasteiger partial charge on any atom is 0.446 e. The summed E-state index contributed by atoms with van der Waals surface area (Å²) in [5, 5.41) is 11.7. The normalized spacial score (nSPS) is 11.8. The lowest BCUT2D eigenvalue weighted by Crippen LogP contribution is -2.14. The van der Waals surface area contributed by atoms with Crippen molar-refractivity contribution < 1.29 is 18.3 Å². The number of aliphatic hydroxyl groups is 1. The molecule has 102 valence electrons. The fourth-order valence-corrected chi connectivity index (χ4v) is 1.94. The zero-order chi connectivity index (χ0) is 13.4. The van der Waals surface area contributed by atoms with Gasteiger partial charge in [-0.15, -0.1) is 0 Å². The van der Waals surface area contributed by atoms with Crippen LogP contribution in [0.5, 0.6) is 0 Å². The molecule has 0 atom stereocenters. The molecule has 1 rings (SSSR count). The van der Waals surface area contributed by atoms with E-state index in [0.29, 0.717) is 6.54 Å². The third-order valence-corrected chi connectivity index (χ3v) is 2.99. The SMILES string of the molecule is OCCCCNCc1ccc(SC(F)(F)F)cc1. The molecule has 0 saturated heterocycles. The number of benzene rings is 1. The van der Waals surface area contributed by atoms with Crippen LogP contribution in [-0.4, -0.2) is 23.8 Å². The van der Waals surface area contributed by atoms with Crippen molar-refractivity contribution >= 4 is 11.8 Å². The molecule has 1 aromatic carbocycles. The molecule has 6 heteroatoms. The molecule has 0 saturated carbocycles. The predicted octanol–water partition coefficient (Wildman–Crippen LogP) is 3.16. The lowest BCUT2D eigenvalue weighted by molar-refractivity contribution is -0.0328. The van der Waals surface area contributed by atoms with Gasteiger partial charge in [0.25, 0.3) is 0 Å². The number of hydrogen-bond acceptors (Lipinski definition) is 3. The number of aliphatic hydroxyl groups excluding tert-OH is 1. The first-order valence-electron chi connectivity index (χ1n) is 5.67. The van der Waals surface area contributed by atoms with Gasteiger partial charge in [-0.25, -0.2) is 0 Å². The standard InChI is InChI=1S/C12H16F3NOS/c13-12(14,15)18-11-5-3-10(4-6-11)9-16-7-1-2-8-17/h3-6,16-17H,1-2,7-9H2. The van der Waals surface area contributed by atoms with Crippen molar-refractivity contribution in [2.24, 2.45) is 0 Å². The van der Waals surface area contributed by atoms with Crippen LogP contribution in [0.1, 0.15) is 18.4 Å². The summed E-state index contributed by atoms with van der Waals surface area (Å²) in [5.41, 5.74) is -3.28. The summed E-state index contributed by atoms with van der Waals surface area (Å²) < 4.78 is 36.3. The van der Waals surface area contributed by atoms with Crippen LogP contribution in [0.3, 0.4) is 0 Å².